The number of cyclic esters (lactones) is 1. The molecule has 0 aromatic heterocycles. The minimum atomic E-state index is -0.622. The summed E-state index contributed by atoms with van der Waals surface area (Å²) in [5.41, 5.74) is 2.30. The Morgan fingerprint density at radius 3 is 2.76 bits per heavy atom. The molecule has 0 bridgehead atoms. The molecule has 114 valence electrons. The Balaban J connectivity index is 2.52. The summed E-state index contributed by atoms with van der Waals surface area (Å²) in [4.78, 5) is 25.8. The SMILES string of the molecule is COCC(=O)N(c1c(C)ccc(Cl)c1C)[C@@H]1CCOC1=O. The number of anilines is 1. The topological polar surface area (TPSA) is 55.8 Å². The molecule has 0 unspecified atom stereocenters. The van der Waals surface area contributed by atoms with Crippen molar-refractivity contribution >= 4 is 29.2 Å². The van der Waals surface area contributed by atoms with Crippen molar-refractivity contribution < 1.29 is 19.1 Å². The fourth-order valence-corrected chi connectivity index (χ4v) is 2.70. The molecule has 6 heteroatoms. The van der Waals surface area contributed by atoms with Gasteiger partial charge in [-0.3, -0.25) is 9.69 Å². The van der Waals surface area contributed by atoms with Gasteiger partial charge in [-0.05, 0) is 31.0 Å². The van der Waals surface area contributed by atoms with E-state index in [1.54, 1.807) is 6.07 Å². The van der Waals surface area contributed by atoms with Crippen LogP contribution in [0.3, 0.4) is 0 Å². The first kappa shape index (κ1) is 15.8. The highest BCUT2D eigenvalue weighted by molar-refractivity contribution is 6.32. The van der Waals surface area contributed by atoms with Crippen molar-refractivity contribution in [1.29, 1.82) is 0 Å². The summed E-state index contributed by atoms with van der Waals surface area (Å²) in [5.74, 6) is -0.673. The van der Waals surface area contributed by atoms with Gasteiger partial charge in [-0.1, -0.05) is 17.7 Å². The van der Waals surface area contributed by atoms with Gasteiger partial charge in [0.15, 0.2) is 0 Å². The van der Waals surface area contributed by atoms with E-state index in [2.05, 4.69) is 0 Å². The number of carbonyl (C=O) groups excluding carboxylic acids is 2. The third-order valence-electron chi connectivity index (χ3n) is 3.56. The van der Waals surface area contributed by atoms with Crippen LogP contribution in [-0.4, -0.2) is 38.2 Å². The average Bonchev–Trinajstić information content (AvgIpc) is 2.85. The van der Waals surface area contributed by atoms with Crippen molar-refractivity contribution in [3.8, 4) is 0 Å². The van der Waals surface area contributed by atoms with E-state index in [4.69, 9.17) is 21.1 Å². The van der Waals surface area contributed by atoms with Crippen LogP contribution in [0.1, 0.15) is 17.5 Å². The standard InChI is InChI=1S/C15H18ClNO4/c1-9-4-5-11(16)10(2)14(9)17(13(18)8-20-3)12-6-7-21-15(12)19/h4-5,12H,6-8H2,1-3H3/t12-/m1/s1. The van der Waals surface area contributed by atoms with Gasteiger partial charge in [-0.25, -0.2) is 4.79 Å². The third kappa shape index (κ3) is 3.04. The number of aryl methyl sites for hydroxylation is 1. The van der Waals surface area contributed by atoms with Crippen LogP contribution in [0, 0.1) is 13.8 Å². The van der Waals surface area contributed by atoms with E-state index in [-0.39, 0.29) is 12.5 Å². The zero-order chi connectivity index (χ0) is 15.6. The predicted molar refractivity (Wildman–Crippen MR) is 79.7 cm³/mol. The lowest BCUT2D eigenvalue weighted by molar-refractivity contribution is -0.140. The van der Waals surface area contributed by atoms with E-state index < -0.39 is 12.0 Å². The van der Waals surface area contributed by atoms with Gasteiger partial charge in [-0.15, -0.1) is 0 Å². The molecule has 0 radical (unpaired) electrons. The Kier molecular flexibility index (Phi) is 4.85. The third-order valence-corrected chi connectivity index (χ3v) is 3.97. The van der Waals surface area contributed by atoms with E-state index >= 15 is 0 Å². The molecular weight excluding hydrogens is 294 g/mol. The first-order valence-electron chi connectivity index (χ1n) is 6.70. The van der Waals surface area contributed by atoms with Crippen molar-refractivity contribution in [3.63, 3.8) is 0 Å². The average molecular weight is 312 g/mol. The highest BCUT2D eigenvalue weighted by Gasteiger charge is 2.37. The number of nitrogens with zero attached hydrogens (tertiary/aromatic N) is 1. The monoisotopic (exact) mass is 311 g/mol. The van der Waals surface area contributed by atoms with E-state index in [1.807, 2.05) is 19.9 Å². The Morgan fingerprint density at radius 2 is 2.19 bits per heavy atom. The van der Waals surface area contributed by atoms with Crippen LogP contribution in [0.4, 0.5) is 5.69 Å². The van der Waals surface area contributed by atoms with Crippen LogP contribution in [-0.2, 0) is 19.1 Å². The minimum Gasteiger partial charge on any atom is -0.464 e. The number of carbonyl (C=O) groups is 2. The van der Waals surface area contributed by atoms with Crippen LogP contribution in [0.15, 0.2) is 12.1 Å². The molecule has 0 saturated carbocycles. The second kappa shape index (κ2) is 6.45. The number of amides is 1. The largest absolute Gasteiger partial charge is 0.464 e. The molecule has 0 N–H and O–H groups in total. The minimum absolute atomic E-state index is 0.102. The molecule has 1 amide bonds. The van der Waals surface area contributed by atoms with Crippen molar-refractivity contribution in [1.82, 2.24) is 0 Å². The van der Waals surface area contributed by atoms with Gasteiger partial charge < -0.3 is 9.47 Å². The number of rotatable bonds is 4. The van der Waals surface area contributed by atoms with Crippen LogP contribution >= 0.6 is 11.6 Å². The number of hydrogen-bond acceptors (Lipinski definition) is 4. The van der Waals surface area contributed by atoms with Gasteiger partial charge in [0.25, 0.3) is 5.91 Å². The molecule has 1 aliphatic rings. The highest BCUT2D eigenvalue weighted by atomic mass is 35.5. The maximum absolute atomic E-state index is 12.4. The number of halogens is 1. The number of methoxy groups -OCH3 is 1. The van der Waals surface area contributed by atoms with E-state index in [0.29, 0.717) is 23.7 Å². The van der Waals surface area contributed by atoms with Gasteiger partial charge in [0.2, 0.25) is 0 Å². The summed E-state index contributed by atoms with van der Waals surface area (Å²) in [5, 5.41) is 0.553. The summed E-state index contributed by atoms with van der Waals surface area (Å²) >= 11 is 6.17. The molecule has 1 aliphatic heterocycles. The summed E-state index contributed by atoms with van der Waals surface area (Å²) in [7, 11) is 1.45. The molecule has 0 spiro atoms. The number of benzene rings is 1. The van der Waals surface area contributed by atoms with Gasteiger partial charge >= 0.3 is 5.97 Å². The molecule has 1 atom stereocenters. The van der Waals surface area contributed by atoms with Crippen molar-refractivity contribution in [2.45, 2.75) is 26.3 Å². The Morgan fingerprint density at radius 1 is 1.48 bits per heavy atom. The molecule has 1 aromatic rings. The first-order chi connectivity index (χ1) is 9.97. The fraction of sp³-hybridized carbons (Fsp3) is 0.467. The zero-order valence-corrected chi connectivity index (χ0v) is 13.1. The van der Waals surface area contributed by atoms with Gasteiger partial charge in [0, 0.05) is 18.6 Å². The first-order valence-corrected chi connectivity index (χ1v) is 7.08. The number of esters is 1. The zero-order valence-electron chi connectivity index (χ0n) is 12.3. The Hall–Kier alpha value is -1.59. The summed E-state index contributed by atoms with van der Waals surface area (Å²) in [6.07, 6.45) is 0.472. The van der Waals surface area contributed by atoms with Gasteiger partial charge in [-0.2, -0.15) is 0 Å². The number of hydrogen-bond donors (Lipinski definition) is 0. The van der Waals surface area contributed by atoms with Gasteiger partial charge in [0.1, 0.15) is 12.6 Å². The molecule has 2 rings (SSSR count). The Bertz CT molecular complexity index is 573. The summed E-state index contributed by atoms with van der Waals surface area (Å²) in [6, 6.07) is 2.99. The molecule has 0 aliphatic carbocycles. The summed E-state index contributed by atoms with van der Waals surface area (Å²) in [6.45, 7) is 3.93. The van der Waals surface area contributed by atoms with E-state index in [0.717, 1.165) is 11.1 Å². The highest BCUT2D eigenvalue weighted by Crippen LogP contribution is 2.33. The van der Waals surface area contributed by atoms with Crippen molar-refractivity contribution in [2.24, 2.45) is 0 Å². The molecule has 21 heavy (non-hydrogen) atoms. The van der Waals surface area contributed by atoms with Crippen LogP contribution in [0.2, 0.25) is 5.02 Å². The fourth-order valence-electron chi connectivity index (χ4n) is 2.55. The molecule has 1 fully saturated rings. The molecule has 1 aromatic carbocycles. The Labute approximate surface area is 128 Å². The maximum Gasteiger partial charge on any atom is 0.329 e. The van der Waals surface area contributed by atoms with Crippen LogP contribution in [0.25, 0.3) is 0 Å². The second-order valence-electron chi connectivity index (χ2n) is 5.01. The van der Waals surface area contributed by atoms with Gasteiger partial charge in [0.05, 0.1) is 12.3 Å². The van der Waals surface area contributed by atoms with Crippen molar-refractivity contribution in [2.75, 3.05) is 25.2 Å². The van der Waals surface area contributed by atoms with Crippen LogP contribution in [0.5, 0.6) is 0 Å². The lowest BCUT2D eigenvalue weighted by atomic mass is 10.0. The predicted octanol–water partition coefficient (Wildman–Crippen LogP) is 2.25. The smallest absolute Gasteiger partial charge is 0.329 e. The lowest BCUT2D eigenvalue weighted by Crippen LogP contribution is -2.45. The van der Waals surface area contributed by atoms with Crippen molar-refractivity contribution in [3.05, 3.63) is 28.3 Å². The number of ether oxygens (including phenoxy) is 2. The quantitative estimate of drug-likeness (QED) is 0.800. The van der Waals surface area contributed by atoms with Crippen LogP contribution < -0.4 is 4.90 Å². The normalized spacial score (nSPS) is 17.7. The lowest BCUT2D eigenvalue weighted by Gasteiger charge is -2.29. The second-order valence-corrected chi connectivity index (χ2v) is 5.41. The van der Waals surface area contributed by atoms with E-state index in [9.17, 15) is 9.59 Å². The maximum atomic E-state index is 12.4. The molecular formula is C15H18ClNO4. The molecule has 1 saturated heterocycles. The summed E-state index contributed by atoms with van der Waals surface area (Å²) < 4.78 is 9.93. The molecule has 5 nitrogen and oxygen atoms in total. The van der Waals surface area contributed by atoms with E-state index in [1.165, 1.54) is 12.0 Å². The molecule has 1 heterocycles.